The fraction of sp³-hybridized carbons (Fsp3) is 0.174. The van der Waals surface area contributed by atoms with Crippen molar-refractivity contribution < 1.29 is 9.18 Å². The zero-order valence-corrected chi connectivity index (χ0v) is 18.7. The average Bonchev–Trinajstić information content (AvgIpc) is 3.33. The summed E-state index contributed by atoms with van der Waals surface area (Å²) in [4.78, 5) is 17.5. The third-order valence-corrected chi connectivity index (χ3v) is 6.33. The summed E-state index contributed by atoms with van der Waals surface area (Å²) in [6.45, 7) is 2.11. The summed E-state index contributed by atoms with van der Waals surface area (Å²) in [5, 5.41) is 5.01. The minimum absolute atomic E-state index is 0.0770. The molecule has 31 heavy (non-hydrogen) atoms. The number of hydrogen-bond acceptors (Lipinski definition) is 4. The van der Waals surface area contributed by atoms with Gasteiger partial charge in [0, 0.05) is 24.8 Å². The van der Waals surface area contributed by atoms with E-state index in [4.69, 9.17) is 12.2 Å². The van der Waals surface area contributed by atoms with Gasteiger partial charge in [-0.3, -0.25) is 4.79 Å². The van der Waals surface area contributed by atoms with E-state index in [0.717, 1.165) is 16.8 Å². The lowest BCUT2D eigenvalue weighted by atomic mass is 10.1. The van der Waals surface area contributed by atoms with Crippen LogP contribution in [0.1, 0.15) is 23.0 Å². The van der Waals surface area contributed by atoms with Gasteiger partial charge in [-0.05, 0) is 42.4 Å². The number of nitrogens with zero attached hydrogens (tertiary/aromatic N) is 3. The van der Waals surface area contributed by atoms with Gasteiger partial charge in [0.05, 0.1) is 5.69 Å². The third kappa shape index (κ3) is 4.65. The van der Waals surface area contributed by atoms with Crippen LogP contribution in [-0.2, 0) is 18.4 Å². The van der Waals surface area contributed by atoms with Gasteiger partial charge in [0.1, 0.15) is 24.2 Å². The number of hydrogen-bond donors (Lipinski definition) is 1. The lowest BCUT2D eigenvalue weighted by Crippen LogP contribution is -2.33. The summed E-state index contributed by atoms with van der Waals surface area (Å²) in [6.07, 6.45) is 3.48. The molecule has 4 rings (SSSR count). The Morgan fingerprint density at radius 1 is 1.19 bits per heavy atom. The second kappa shape index (κ2) is 8.95. The van der Waals surface area contributed by atoms with Crippen LogP contribution >= 0.6 is 23.6 Å². The summed E-state index contributed by atoms with van der Waals surface area (Å²) < 4.78 is 17.7. The first-order valence-electron chi connectivity index (χ1n) is 9.70. The molecule has 4 aromatic rings. The lowest BCUT2D eigenvalue weighted by Gasteiger charge is -2.20. The van der Waals surface area contributed by atoms with E-state index < -0.39 is 6.04 Å². The number of halogens is 1. The maximum atomic E-state index is 13.4. The molecule has 1 N–H and O–H groups in total. The molecule has 0 saturated heterocycles. The van der Waals surface area contributed by atoms with E-state index in [2.05, 4.69) is 10.3 Å². The molecular formula is C23H21FN4OS2. The molecule has 1 unspecified atom stereocenters. The van der Waals surface area contributed by atoms with Gasteiger partial charge >= 0.3 is 0 Å². The van der Waals surface area contributed by atoms with Crippen LogP contribution in [0.25, 0.3) is 11.3 Å². The minimum Gasteiger partial charge on any atom is -0.341 e. The molecule has 2 heterocycles. The molecule has 0 aliphatic heterocycles. The summed E-state index contributed by atoms with van der Waals surface area (Å²) >= 11 is 6.91. The summed E-state index contributed by atoms with van der Waals surface area (Å²) in [6, 6.07) is 13.7. The van der Waals surface area contributed by atoms with Gasteiger partial charge in [-0.15, -0.1) is 11.3 Å². The molecule has 1 amide bonds. The van der Waals surface area contributed by atoms with Crippen LogP contribution < -0.4 is 5.32 Å². The predicted octanol–water partition coefficient (Wildman–Crippen LogP) is 5.03. The number of thiazole rings is 1. The number of aromatic nitrogens is 3. The van der Waals surface area contributed by atoms with E-state index in [0.29, 0.717) is 9.78 Å². The van der Waals surface area contributed by atoms with E-state index >= 15 is 0 Å². The minimum atomic E-state index is -0.510. The zero-order chi connectivity index (χ0) is 22.0. The van der Waals surface area contributed by atoms with E-state index in [1.54, 1.807) is 18.3 Å². The molecular weight excluding hydrogens is 431 g/mol. The van der Waals surface area contributed by atoms with Crippen LogP contribution in [0.3, 0.4) is 0 Å². The van der Waals surface area contributed by atoms with Crippen molar-refractivity contribution in [3.05, 3.63) is 93.0 Å². The van der Waals surface area contributed by atoms with Crippen LogP contribution in [0.5, 0.6) is 0 Å². The topological polar surface area (TPSA) is 51.9 Å². The van der Waals surface area contributed by atoms with E-state index in [1.807, 2.05) is 58.9 Å². The van der Waals surface area contributed by atoms with E-state index in [1.165, 1.54) is 29.0 Å². The van der Waals surface area contributed by atoms with Gasteiger partial charge in [0.25, 0.3) is 0 Å². The average molecular weight is 453 g/mol. The monoisotopic (exact) mass is 452 g/mol. The highest BCUT2D eigenvalue weighted by atomic mass is 32.1. The standard InChI is InChI=1S/C23H21FN4OS2/c1-15-3-5-16(6-4-15)19-14-31-23(30)28(19)13-20(29)26-21(22-25-11-12-27(22)2)17-7-9-18(24)10-8-17/h3-12,14,21H,13H2,1-2H3,(H,26,29). The van der Waals surface area contributed by atoms with Crippen LogP contribution in [0, 0.1) is 16.7 Å². The molecule has 1 atom stereocenters. The lowest BCUT2D eigenvalue weighted by molar-refractivity contribution is -0.122. The molecule has 158 valence electrons. The molecule has 8 heteroatoms. The predicted molar refractivity (Wildman–Crippen MR) is 123 cm³/mol. The Morgan fingerprint density at radius 2 is 1.90 bits per heavy atom. The summed E-state index contributed by atoms with van der Waals surface area (Å²) in [7, 11) is 1.86. The molecule has 2 aromatic carbocycles. The van der Waals surface area contributed by atoms with E-state index in [-0.39, 0.29) is 18.3 Å². The number of nitrogens with one attached hydrogen (secondary N) is 1. The Balaban J connectivity index is 1.61. The molecule has 0 aliphatic rings. The first-order valence-corrected chi connectivity index (χ1v) is 11.0. The SMILES string of the molecule is Cc1ccc(-c2csc(=S)n2CC(=O)NC(c2ccc(F)cc2)c2nccn2C)cc1. The van der Waals surface area contributed by atoms with Crippen LogP contribution in [-0.4, -0.2) is 20.0 Å². The summed E-state index contributed by atoms with van der Waals surface area (Å²) in [5.41, 5.74) is 3.82. The Kier molecular flexibility index (Phi) is 6.11. The second-order valence-electron chi connectivity index (χ2n) is 7.29. The number of imidazole rings is 1. The smallest absolute Gasteiger partial charge is 0.240 e. The second-order valence-corrected chi connectivity index (χ2v) is 8.79. The van der Waals surface area contributed by atoms with Crippen LogP contribution in [0.15, 0.2) is 66.3 Å². The van der Waals surface area contributed by atoms with Crippen molar-refractivity contribution in [3.8, 4) is 11.3 Å². The summed E-state index contributed by atoms with van der Waals surface area (Å²) in [5.74, 6) is 0.119. The van der Waals surface area contributed by atoms with Gasteiger partial charge in [-0.1, -0.05) is 42.0 Å². The van der Waals surface area contributed by atoms with E-state index in [9.17, 15) is 9.18 Å². The van der Waals surface area contributed by atoms with Crippen molar-refractivity contribution >= 4 is 29.5 Å². The highest BCUT2D eigenvalue weighted by Gasteiger charge is 2.22. The van der Waals surface area contributed by atoms with Crippen LogP contribution in [0.2, 0.25) is 0 Å². The Hall–Kier alpha value is -3.10. The van der Waals surface area contributed by atoms with Crippen molar-refractivity contribution in [2.45, 2.75) is 19.5 Å². The quantitative estimate of drug-likeness (QED) is 0.417. The molecule has 0 radical (unpaired) electrons. The van der Waals surface area contributed by atoms with Gasteiger partial charge < -0.3 is 14.5 Å². The molecule has 0 spiro atoms. The van der Waals surface area contributed by atoms with Crippen LogP contribution in [0.4, 0.5) is 4.39 Å². The maximum absolute atomic E-state index is 13.4. The number of rotatable bonds is 6. The number of carbonyl (C=O) groups is 1. The first kappa shape index (κ1) is 21.1. The number of amides is 1. The van der Waals surface area contributed by atoms with Gasteiger partial charge in [-0.2, -0.15) is 0 Å². The first-order chi connectivity index (χ1) is 14.9. The van der Waals surface area contributed by atoms with Crippen molar-refractivity contribution in [1.82, 2.24) is 19.4 Å². The highest BCUT2D eigenvalue weighted by Crippen LogP contribution is 2.25. The fourth-order valence-corrected chi connectivity index (χ4v) is 4.46. The normalized spacial score (nSPS) is 12.0. The molecule has 0 saturated carbocycles. The van der Waals surface area contributed by atoms with Gasteiger partial charge in [0.2, 0.25) is 5.91 Å². The number of carbonyl (C=O) groups excluding carboxylic acids is 1. The van der Waals surface area contributed by atoms with Gasteiger partial charge in [0.15, 0.2) is 3.95 Å². The van der Waals surface area contributed by atoms with Gasteiger partial charge in [-0.25, -0.2) is 9.37 Å². The Bertz CT molecular complexity index is 1260. The highest BCUT2D eigenvalue weighted by molar-refractivity contribution is 7.73. The third-order valence-electron chi connectivity index (χ3n) is 5.06. The number of benzene rings is 2. The molecule has 0 fully saturated rings. The zero-order valence-electron chi connectivity index (χ0n) is 17.1. The molecule has 2 aromatic heterocycles. The molecule has 5 nitrogen and oxygen atoms in total. The molecule has 0 aliphatic carbocycles. The molecule has 0 bridgehead atoms. The largest absolute Gasteiger partial charge is 0.341 e. The van der Waals surface area contributed by atoms with Crippen molar-refractivity contribution in [2.24, 2.45) is 7.05 Å². The Labute approximate surface area is 188 Å². The van der Waals surface area contributed by atoms with Crippen molar-refractivity contribution in [1.29, 1.82) is 0 Å². The number of aryl methyl sites for hydroxylation is 2. The van der Waals surface area contributed by atoms with Crippen molar-refractivity contribution in [2.75, 3.05) is 0 Å². The fourth-order valence-electron chi connectivity index (χ4n) is 3.39. The Morgan fingerprint density at radius 3 is 2.55 bits per heavy atom. The maximum Gasteiger partial charge on any atom is 0.240 e. The van der Waals surface area contributed by atoms with Crippen molar-refractivity contribution in [3.63, 3.8) is 0 Å².